The normalized spacial score (nSPS) is 56.3. The first-order valence-corrected chi connectivity index (χ1v) is 11.7. The molecule has 0 radical (unpaired) electrons. The fraction of sp³-hybridized carbons (Fsp3) is 0.889. The van der Waals surface area contributed by atoms with Crippen LogP contribution in [-0.4, -0.2) is 59.5 Å². The molecule has 0 aromatic rings. The van der Waals surface area contributed by atoms with Gasteiger partial charge in [0.25, 0.3) is 0 Å². The zero-order valence-electron chi connectivity index (χ0n) is 15.7. The van der Waals surface area contributed by atoms with Crippen molar-refractivity contribution in [2.75, 3.05) is 23.0 Å². The van der Waals surface area contributed by atoms with Crippen LogP contribution in [0.1, 0.15) is 13.8 Å². The monoisotopic (exact) mass is 474 g/mol. The predicted molar refractivity (Wildman–Crippen MR) is 92.5 cm³/mol. The van der Waals surface area contributed by atoms with Gasteiger partial charge in [-0.3, -0.25) is 0 Å². The van der Waals surface area contributed by atoms with Gasteiger partial charge in [0.15, 0.2) is 0 Å². The summed E-state index contributed by atoms with van der Waals surface area (Å²) in [7, 11) is 0. The zero-order valence-corrected chi connectivity index (χ0v) is 17.3. The third kappa shape index (κ3) is 1.34. The molecule has 6 rings (SSSR count). The number of esters is 2. The second-order valence-corrected chi connectivity index (χ2v) is 11.7. The smallest absolute Gasteiger partial charge is 0.454 e. The maximum Gasteiger partial charge on any atom is 0.490 e. The van der Waals surface area contributed by atoms with Gasteiger partial charge >= 0.3 is 24.3 Å². The van der Waals surface area contributed by atoms with E-state index in [1.807, 2.05) is 13.8 Å². The van der Waals surface area contributed by atoms with Gasteiger partial charge in [0.05, 0.1) is 0 Å². The summed E-state index contributed by atoms with van der Waals surface area (Å²) in [5.74, 6) is -3.03. The van der Waals surface area contributed by atoms with E-state index in [9.17, 15) is 35.9 Å². The van der Waals surface area contributed by atoms with Crippen molar-refractivity contribution in [2.24, 2.45) is 32.5 Å². The van der Waals surface area contributed by atoms with E-state index in [1.54, 1.807) is 0 Å². The van der Waals surface area contributed by atoms with Crippen LogP contribution in [-0.2, 0) is 19.1 Å². The topological polar surface area (TPSA) is 52.6 Å². The summed E-state index contributed by atoms with van der Waals surface area (Å²) in [6.07, 6.45) is -12.4. The minimum absolute atomic E-state index is 0.372. The van der Waals surface area contributed by atoms with Crippen LogP contribution < -0.4 is 0 Å². The first-order valence-electron chi connectivity index (χ1n) is 9.40. The van der Waals surface area contributed by atoms with Crippen LogP contribution in [0.4, 0.5) is 26.3 Å². The van der Waals surface area contributed by atoms with E-state index in [0.29, 0.717) is 23.0 Å². The number of rotatable bonds is 2. The number of carbonyl (C=O) groups is 2. The van der Waals surface area contributed by atoms with Gasteiger partial charge in [0.1, 0.15) is 12.2 Å². The van der Waals surface area contributed by atoms with E-state index < -0.39 is 69.0 Å². The molecule has 2 aliphatic heterocycles. The largest absolute Gasteiger partial charge is 0.490 e. The Balaban J connectivity index is 1.50. The highest BCUT2D eigenvalue weighted by atomic mass is 32.2. The molecule has 4 spiro atoms. The Labute approximate surface area is 175 Å². The lowest BCUT2D eigenvalue weighted by atomic mass is 9.67. The van der Waals surface area contributed by atoms with E-state index in [2.05, 4.69) is 0 Å². The molecule has 6 aliphatic rings. The number of halogens is 6. The predicted octanol–water partition coefficient (Wildman–Crippen LogP) is 3.44. The Hall–Kier alpha value is -0.780. The molecular weight excluding hydrogens is 458 g/mol. The van der Waals surface area contributed by atoms with Crippen LogP contribution in [0.15, 0.2) is 0 Å². The van der Waals surface area contributed by atoms with Crippen LogP contribution >= 0.6 is 23.5 Å². The third-order valence-corrected chi connectivity index (χ3v) is 12.7. The van der Waals surface area contributed by atoms with Crippen LogP contribution in [0, 0.1) is 32.5 Å². The zero-order chi connectivity index (χ0) is 22.0. The van der Waals surface area contributed by atoms with Gasteiger partial charge in [-0.05, 0) is 10.8 Å². The Kier molecular flexibility index (Phi) is 3.07. The van der Waals surface area contributed by atoms with Crippen molar-refractivity contribution in [3.8, 4) is 0 Å². The molecule has 0 bridgehead atoms. The number of hydrogen-bond donors (Lipinski definition) is 0. The molecule has 4 nitrogen and oxygen atoms in total. The highest BCUT2D eigenvalue weighted by Crippen LogP contribution is 3.16. The molecule has 2 saturated heterocycles. The van der Waals surface area contributed by atoms with Crippen LogP contribution in [0.2, 0.25) is 0 Å². The number of hydrogen-bond acceptors (Lipinski definition) is 6. The fourth-order valence-corrected chi connectivity index (χ4v) is 13.7. The minimum atomic E-state index is -5.16. The van der Waals surface area contributed by atoms with Gasteiger partial charge in [0.2, 0.25) is 0 Å². The molecule has 4 atom stereocenters. The van der Waals surface area contributed by atoms with Gasteiger partial charge in [-0.1, -0.05) is 13.8 Å². The van der Waals surface area contributed by atoms with Crippen LogP contribution in [0.25, 0.3) is 0 Å². The average Bonchev–Trinajstić information content (AvgIpc) is 3.04. The summed E-state index contributed by atoms with van der Waals surface area (Å²) in [5, 5.41) is 0. The third-order valence-electron chi connectivity index (χ3n) is 10.1. The molecule has 0 amide bonds. The number of thioether (sulfide) groups is 2. The molecule has 4 aliphatic carbocycles. The van der Waals surface area contributed by atoms with E-state index in [1.165, 1.54) is 23.5 Å². The van der Waals surface area contributed by atoms with Crippen molar-refractivity contribution in [3.63, 3.8) is 0 Å². The highest BCUT2D eigenvalue weighted by molar-refractivity contribution is 8.00. The van der Waals surface area contributed by atoms with Crippen molar-refractivity contribution in [1.82, 2.24) is 0 Å². The maximum absolute atomic E-state index is 13.1. The average molecular weight is 474 g/mol. The van der Waals surface area contributed by atoms with Crippen molar-refractivity contribution in [1.29, 1.82) is 0 Å². The molecule has 2 heterocycles. The lowest BCUT2D eigenvalue weighted by molar-refractivity contribution is -0.226. The van der Waals surface area contributed by atoms with Crippen molar-refractivity contribution < 1.29 is 45.4 Å². The molecule has 6 fully saturated rings. The quantitative estimate of drug-likeness (QED) is 0.452. The first kappa shape index (κ1) is 19.9. The van der Waals surface area contributed by atoms with Crippen molar-refractivity contribution in [2.45, 2.75) is 38.4 Å². The van der Waals surface area contributed by atoms with Crippen LogP contribution in [0.3, 0.4) is 0 Å². The van der Waals surface area contributed by atoms with E-state index >= 15 is 0 Å². The molecule has 4 saturated carbocycles. The molecule has 30 heavy (non-hydrogen) atoms. The molecule has 4 unspecified atom stereocenters. The van der Waals surface area contributed by atoms with Gasteiger partial charge in [-0.2, -0.15) is 49.9 Å². The molecule has 0 aromatic carbocycles. The molecule has 166 valence electrons. The van der Waals surface area contributed by atoms with E-state index in [4.69, 9.17) is 9.47 Å². The highest BCUT2D eigenvalue weighted by Gasteiger charge is 3.21. The van der Waals surface area contributed by atoms with Gasteiger partial charge in [0, 0.05) is 44.7 Å². The minimum Gasteiger partial charge on any atom is -0.454 e. The Morgan fingerprint density at radius 3 is 1.20 bits per heavy atom. The van der Waals surface area contributed by atoms with E-state index in [0.717, 1.165) is 0 Å². The van der Waals surface area contributed by atoms with Gasteiger partial charge < -0.3 is 9.47 Å². The summed E-state index contributed by atoms with van der Waals surface area (Å²) < 4.78 is 88.7. The van der Waals surface area contributed by atoms with E-state index in [-0.39, 0.29) is 0 Å². The SMILES string of the molecule is CC12C34CSCC31C(OC(=O)C(F)(F)F)C13CSCC1(C4OC(=O)C(F)(F)F)C32C. The number of carbonyl (C=O) groups excluding carboxylic acids is 2. The van der Waals surface area contributed by atoms with Gasteiger partial charge in [-0.15, -0.1) is 0 Å². The number of ether oxygens (including phenoxy) is 2. The maximum atomic E-state index is 13.1. The second kappa shape index (κ2) is 4.63. The van der Waals surface area contributed by atoms with Crippen molar-refractivity contribution in [3.05, 3.63) is 0 Å². The Bertz CT molecular complexity index is 825. The summed E-state index contributed by atoms with van der Waals surface area (Å²) in [4.78, 5) is 23.7. The summed E-state index contributed by atoms with van der Waals surface area (Å²) in [5.41, 5.74) is -4.95. The first-order chi connectivity index (χ1) is 13.7. The summed E-state index contributed by atoms with van der Waals surface area (Å²) in [6, 6.07) is 0. The second-order valence-electron chi connectivity index (χ2n) is 9.69. The molecule has 12 heteroatoms. The van der Waals surface area contributed by atoms with Crippen LogP contribution in [0.5, 0.6) is 0 Å². The standard InChI is InChI=1S/C18H16F6O4S2/c1-11-12(2)15-5-30-6-16(12,15)8(28-10(26)18(22,23)24)14(11)4-29-3-13(11,14)7(15)27-9(25)17(19,20)21/h7-8H,3-6H2,1-2H3. The van der Waals surface area contributed by atoms with Crippen molar-refractivity contribution >= 4 is 35.5 Å². The summed E-state index contributed by atoms with van der Waals surface area (Å²) >= 11 is 2.83. The fourth-order valence-electron chi connectivity index (χ4n) is 9.39. The Morgan fingerprint density at radius 1 is 0.700 bits per heavy atom. The lowest BCUT2D eigenvalue weighted by Gasteiger charge is -2.44. The Morgan fingerprint density at radius 2 is 0.967 bits per heavy atom. The summed E-state index contributed by atoms with van der Waals surface area (Å²) in [6.45, 7) is 3.78. The number of alkyl halides is 6. The lowest BCUT2D eigenvalue weighted by Crippen LogP contribution is -2.55. The molecule has 0 N–H and O–H groups in total. The molecular formula is C18H16F6O4S2. The molecule has 0 aromatic heterocycles. The van der Waals surface area contributed by atoms with Gasteiger partial charge in [-0.25, -0.2) is 9.59 Å².